The molecule has 0 fully saturated rings. The van der Waals surface area contributed by atoms with Crippen molar-refractivity contribution in [2.75, 3.05) is 23.7 Å². The van der Waals surface area contributed by atoms with E-state index in [1.807, 2.05) is 30.3 Å². The van der Waals surface area contributed by atoms with Crippen LogP contribution >= 0.6 is 11.6 Å². The molecule has 2 amide bonds. The van der Waals surface area contributed by atoms with Crippen LogP contribution in [0, 0.1) is 0 Å². The standard InChI is InChI=1S/C25H31ClF3N3O4S/c1-17(23(34)30-24(2,3)4)31(14-13-18-9-7-6-8-10-18)22(33)16-32(37(5,35)36)21-15-19(25(27,28)29)11-12-20(21)26/h6-12,15,17H,13-14,16H2,1-5H3,(H,30,34)/t17-/m0/s1. The summed E-state index contributed by atoms with van der Waals surface area (Å²) in [5, 5.41) is 2.51. The fourth-order valence-electron chi connectivity index (χ4n) is 3.52. The zero-order chi connectivity index (χ0) is 28.2. The lowest BCUT2D eigenvalue weighted by atomic mass is 10.1. The van der Waals surface area contributed by atoms with Crippen LogP contribution in [-0.2, 0) is 32.2 Å². The summed E-state index contributed by atoms with van der Waals surface area (Å²) in [4.78, 5) is 27.6. The number of hydrogen-bond acceptors (Lipinski definition) is 4. The van der Waals surface area contributed by atoms with Crippen molar-refractivity contribution in [3.63, 3.8) is 0 Å². The Bertz CT molecular complexity index is 1220. The van der Waals surface area contributed by atoms with Gasteiger partial charge < -0.3 is 10.2 Å². The molecule has 1 atom stereocenters. The van der Waals surface area contributed by atoms with Gasteiger partial charge >= 0.3 is 6.18 Å². The van der Waals surface area contributed by atoms with E-state index in [9.17, 15) is 31.2 Å². The summed E-state index contributed by atoms with van der Waals surface area (Å²) in [6, 6.07) is 10.4. The molecule has 0 aliphatic carbocycles. The summed E-state index contributed by atoms with van der Waals surface area (Å²) < 4.78 is 65.7. The van der Waals surface area contributed by atoms with E-state index >= 15 is 0 Å². The smallest absolute Gasteiger partial charge is 0.350 e. The van der Waals surface area contributed by atoms with Crippen molar-refractivity contribution in [1.29, 1.82) is 0 Å². The predicted molar refractivity (Wildman–Crippen MR) is 138 cm³/mol. The van der Waals surface area contributed by atoms with Crippen LogP contribution in [0.4, 0.5) is 18.9 Å². The van der Waals surface area contributed by atoms with Gasteiger partial charge in [0.1, 0.15) is 12.6 Å². The summed E-state index contributed by atoms with van der Waals surface area (Å²) in [6.07, 6.45) is -3.63. The van der Waals surface area contributed by atoms with Crippen LogP contribution in [0.25, 0.3) is 0 Å². The Hall–Kier alpha value is -2.79. The molecule has 0 aliphatic heterocycles. The molecule has 2 aromatic rings. The van der Waals surface area contributed by atoms with E-state index in [1.54, 1.807) is 20.8 Å². The van der Waals surface area contributed by atoms with Gasteiger partial charge in [0, 0.05) is 12.1 Å². The van der Waals surface area contributed by atoms with Crippen LogP contribution in [-0.4, -0.2) is 56.1 Å². The number of rotatable bonds is 9. The first-order chi connectivity index (χ1) is 16.9. The van der Waals surface area contributed by atoms with Gasteiger partial charge in [-0.1, -0.05) is 41.9 Å². The second-order valence-electron chi connectivity index (χ2n) is 9.67. The third-order valence-electron chi connectivity index (χ3n) is 5.37. The average molecular weight is 562 g/mol. The molecule has 0 spiro atoms. The molecule has 0 unspecified atom stereocenters. The number of hydrogen-bond donors (Lipinski definition) is 1. The molecular weight excluding hydrogens is 531 g/mol. The number of anilines is 1. The maximum absolute atomic E-state index is 13.5. The van der Waals surface area contributed by atoms with Gasteiger partial charge in [0.2, 0.25) is 21.8 Å². The zero-order valence-corrected chi connectivity index (χ0v) is 22.8. The summed E-state index contributed by atoms with van der Waals surface area (Å²) >= 11 is 6.07. The van der Waals surface area contributed by atoms with E-state index in [-0.39, 0.29) is 11.6 Å². The van der Waals surface area contributed by atoms with Crippen molar-refractivity contribution in [3.8, 4) is 0 Å². The number of amides is 2. The molecule has 0 heterocycles. The number of carbonyl (C=O) groups excluding carboxylic acids is 2. The first-order valence-electron chi connectivity index (χ1n) is 11.4. The minimum absolute atomic E-state index is 0.0650. The van der Waals surface area contributed by atoms with Gasteiger partial charge in [-0.3, -0.25) is 13.9 Å². The van der Waals surface area contributed by atoms with E-state index < -0.39 is 57.4 Å². The molecule has 1 N–H and O–H groups in total. The molecule has 7 nitrogen and oxygen atoms in total. The van der Waals surface area contributed by atoms with Crippen LogP contribution in [0.3, 0.4) is 0 Å². The Morgan fingerprint density at radius 1 is 1.05 bits per heavy atom. The molecule has 0 bridgehead atoms. The lowest BCUT2D eigenvalue weighted by Crippen LogP contribution is -2.55. The number of halogens is 4. The van der Waals surface area contributed by atoms with Gasteiger partial charge in [0.05, 0.1) is 22.5 Å². The Balaban J connectivity index is 2.44. The zero-order valence-electron chi connectivity index (χ0n) is 21.3. The SMILES string of the molecule is C[C@@H](C(=O)NC(C)(C)C)N(CCc1ccccc1)C(=O)CN(c1cc(C(F)(F)F)ccc1Cl)S(C)(=O)=O. The third-order valence-corrected chi connectivity index (χ3v) is 6.82. The second kappa shape index (κ2) is 11.7. The van der Waals surface area contributed by atoms with Gasteiger partial charge in [-0.05, 0) is 57.9 Å². The van der Waals surface area contributed by atoms with Crippen molar-refractivity contribution in [1.82, 2.24) is 10.2 Å². The minimum Gasteiger partial charge on any atom is -0.350 e. The lowest BCUT2D eigenvalue weighted by Gasteiger charge is -2.33. The van der Waals surface area contributed by atoms with E-state index in [0.29, 0.717) is 16.8 Å². The highest BCUT2D eigenvalue weighted by molar-refractivity contribution is 7.92. The molecule has 0 aliphatic rings. The number of nitrogens with one attached hydrogen (secondary N) is 1. The summed E-state index contributed by atoms with van der Waals surface area (Å²) in [7, 11) is -4.24. The van der Waals surface area contributed by atoms with Gasteiger partial charge in [0.15, 0.2) is 0 Å². The first kappa shape index (κ1) is 30.4. The van der Waals surface area contributed by atoms with Crippen LogP contribution in [0.1, 0.15) is 38.8 Å². The first-order valence-corrected chi connectivity index (χ1v) is 13.6. The largest absolute Gasteiger partial charge is 0.416 e. The topological polar surface area (TPSA) is 86.8 Å². The molecule has 12 heteroatoms. The van der Waals surface area contributed by atoms with Crippen molar-refractivity contribution >= 4 is 39.1 Å². The highest BCUT2D eigenvalue weighted by atomic mass is 35.5. The molecule has 0 saturated carbocycles. The average Bonchev–Trinajstić information content (AvgIpc) is 2.76. The number of alkyl halides is 3. The number of carbonyl (C=O) groups is 2. The van der Waals surface area contributed by atoms with E-state index in [1.165, 1.54) is 11.8 Å². The summed E-state index contributed by atoms with van der Waals surface area (Å²) in [5.41, 5.74) is -1.32. The molecule has 204 valence electrons. The third kappa shape index (κ3) is 8.92. The van der Waals surface area contributed by atoms with Crippen LogP contribution in [0.15, 0.2) is 48.5 Å². The van der Waals surface area contributed by atoms with Crippen LogP contribution in [0.5, 0.6) is 0 Å². The highest BCUT2D eigenvalue weighted by Gasteiger charge is 2.35. The van der Waals surface area contributed by atoms with Crippen LogP contribution in [0.2, 0.25) is 5.02 Å². The summed E-state index contributed by atoms with van der Waals surface area (Å²) in [6.45, 7) is 6.04. The Morgan fingerprint density at radius 2 is 1.65 bits per heavy atom. The van der Waals surface area contributed by atoms with Gasteiger partial charge in [-0.25, -0.2) is 8.42 Å². The van der Waals surface area contributed by atoms with Crippen molar-refractivity contribution in [2.24, 2.45) is 0 Å². The van der Waals surface area contributed by atoms with Gasteiger partial charge in [0.25, 0.3) is 0 Å². The fourth-order valence-corrected chi connectivity index (χ4v) is 4.64. The van der Waals surface area contributed by atoms with E-state index in [4.69, 9.17) is 11.6 Å². The molecule has 2 aromatic carbocycles. The van der Waals surface area contributed by atoms with E-state index in [2.05, 4.69) is 5.32 Å². The quantitative estimate of drug-likeness (QED) is 0.488. The normalized spacial score (nSPS) is 13.1. The Kier molecular flexibility index (Phi) is 9.64. The maximum atomic E-state index is 13.5. The predicted octanol–water partition coefficient (Wildman–Crippen LogP) is 4.50. The number of sulfonamides is 1. The van der Waals surface area contributed by atoms with Gasteiger partial charge in [-0.2, -0.15) is 13.2 Å². The summed E-state index contributed by atoms with van der Waals surface area (Å²) in [5.74, 6) is -1.23. The molecular formula is C25H31ClF3N3O4S. The maximum Gasteiger partial charge on any atom is 0.416 e. The van der Waals surface area contributed by atoms with Crippen molar-refractivity contribution < 1.29 is 31.2 Å². The Morgan fingerprint density at radius 3 is 2.16 bits per heavy atom. The molecule has 0 saturated heterocycles. The van der Waals surface area contributed by atoms with Gasteiger partial charge in [-0.15, -0.1) is 0 Å². The highest BCUT2D eigenvalue weighted by Crippen LogP contribution is 2.36. The number of nitrogens with zero attached hydrogens (tertiary/aromatic N) is 2. The number of benzene rings is 2. The van der Waals surface area contributed by atoms with Crippen LogP contribution < -0.4 is 9.62 Å². The monoisotopic (exact) mass is 561 g/mol. The molecule has 0 radical (unpaired) electrons. The Labute approximate surface area is 220 Å². The van der Waals surface area contributed by atoms with E-state index in [0.717, 1.165) is 24.0 Å². The molecule has 2 rings (SSSR count). The molecule has 37 heavy (non-hydrogen) atoms. The fraction of sp³-hybridized carbons (Fsp3) is 0.440. The molecule has 0 aromatic heterocycles. The van der Waals surface area contributed by atoms with Crippen molar-refractivity contribution in [2.45, 2.75) is 51.9 Å². The van der Waals surface area contributed by atoms with Crippen molar-refractivity contribution in [3.05, 3.63) is 64.7 Å². The second-order valence-corrected chi connectivity index (χ2v) is 12.0. The lowest BCUT2D eigenvalue weighted by molar-refractivity contribution is -0.139. The minimum atomic E-state index is -4.76.